The van der Waals surface area contributed by atoms with Crippen molar-refractivity contribution in [3.05, 3.63) is 66.9 Å². The third kappa shape index (κ3) is 3.77. The molecule has 0 spiro atoms. The molecule has 3 rings (SSSR count). The molecule has 0 aliphatic heterocycles. The Morgan fingerprint density at radius 3 is 2.26 bits per heavy atom. The summed E-state index contributed by atoms with van der Waals surface area (Å²) in [4.78, 5) is 8.46. The average molecular weight is 305 g/mol. The van der Waals surface area contributed by atoms with Crippen molar-refractivity contribution in [3.63, 3.8) is 0 Å². The maximum absolute atomic E-state index is 5.75. The minimum atomic E-state index is -0.0193. The number of nitrogen functional groups attached to an aromatic ring is 1. The third-order valence-electron chi connectivity index (χ3n) is 3.40. The van der Waals surface area contributed by atoms with Crippen molar-refractivity contribution in [1.29, 1.82) is 0 Å². The van der Waals surface area contributed by atoms with E-state index < -0.39 is 0 Å². The van der Waals surface area contributed by atoms with Gasteiger partial charge in [0.2, 0.25) is 5.95 Å². The van der Waals surface area contributed by atoms with E-state index >= 15 is 0 Å². The topological polar surface area (TPSA) is 75.9 Å². The van der Waals surface area contributed by atoms with Crippen LogP contribution < -0.4 is 16.4 Å². The molecule has 116 valence electrons. The van der Waals surface area contributed by atoms with Crippen molar-refractivity contribution in [2.24, 2.45) is 0 Å². The number of para-hydroxylation sites is 1. The van der Waals surface area contributed by atoms with E-state index in [1.54, 1.807) is 6.20 Å². The van der Waals surface area contributed by atoms with Crippen LogP contribution in [0, 0.1) is 0 Å². The second-order valence-electron chi connectivity index (χ2n) is 5.23. The Hall–Kier alpha value is -3.08. The van der Waals surface area contributed by atoms with Gasteiger partial charge in [-0.3, -0.25) is 0 Å². The molecule has 1 atom stereocenters. The molecule has 5 nitrogen and oxygen atoms in total. The second kappa shape index (κ2) is 6.79. The Morgan fingerprint density at radius 1 is 0.913 bits per heavy atom. The Kier molecular flexibility index (Phi) is 4.38. The molecule has 23 heavy (non-hydrogen) atoms. The van der Waals surface area contributed by atoms with Gasteiger partial charge < -0.3 is 16.4 Å². The molecule has 4 N–H and O–H groups in total. The summed E-state index contributed by atoms with van der Waals surface area (Å²) in [6.45, 7) is 2.03. The van der Waals surface area contributed by atoms with Crippen molar-refractivity contribution in [2.75, 3.05) is 16.4 Å². The molecule has 0 saturated carbocycles. The fraction of sp³-hybridized carbons (Fsp3) is 0.111. The zero-order valence-corrected chi connectivity index (χ0v) is 12.9. The predicted octanol–water partition coefficient (Wildman–Crippen LogP) is 3.60. The Bertz CT molecular complexity index is 759. The lowest BCUT2D eigenvalue weighted by molar-refractivity contribution is 0.904. The van der Waals surface area contributed by atoms with Crippen LogP contribution in [0.15, 0.2) is 66.9 Å². The van der Waals surface area contributed by atoms with E-state index in [2.05, 4.69) is 20.6 Å². The standard InChI is InChI=1S/C18H19N5/c1-13(21-15-10-6-3-7-11-15)22-17-16(12-20-18(19)23-17)14-8-4-2-5-9-14/h2-13,21H,1H3,(H3,19,20,22,23). The highest BCUT2D eigenvalue weighted by atomic mass is 15.2. The summed E-state index contributed by atoms with van der Waals surface area (Å²) < 4.78 is 0. The molecular weight excluding hydrogens is 286 g/mol. The lowest BCUT2D eigenvalue weighted by atomic mass is 10.1. The number of anilines is 3. The minimum Gasteiger partial charge on any atom is -0.368 e. The van der Waals surface area contributed by atoms with Crippen LogP contribution in [0.2, 0.25) is 0 Å². The van der Waals surface area contributed by atoms with E-state index in [0.29, 0.717) is 5.82 Å². The van der Waals surface area contributed by atoms with Gasteiger partial charge >= 0.3 is 0 Å². The summed E-state index contributed by atoms with van der Waals surface area (Å²) in [6, 6.07) is 20.0. The zero-order valence-electron chi connectivity index (χ0n) is 12.9. The molecule has 0 amide bonds. The summed E-state index contributed by atoms with van der Waals surface area (Å²) in [6.07, 6.45) is 1.73. The largest absolute Gasteiger partial charge is 0.368 e. The van der Waals surface area contributed by atoms with Crippen LogP contribution in [-0.4, -0.2) is 16.1 Å². The number of hydrogen-bond acceptors (Lipinski definition) is 5. The molecule has 2 aromatic carbocycles. The van der Waals surface area contributed by atoms with Crippen LogP contribution in [0.3, 0.4) is 0 Å². The SMILES string of the molecule is CC(Nc1ccccc1)Nc1nc(N)ncc1-c1ccccc1. The first-order valence-corrected chi connectivity index (χ1v) is 7.48. The highest BCUT2D eigenvalue weighted by molar-refractivity contribution is 5.75. The van der Waals surface area contributed by atoms with Gasteiger partial charge in [0, 0.05) is 17.4 Å². The van der Waals surface area contributed by atoms with E-state index in [1.807, 2.05) is 67.6 Å². The van der Waals surface area contributed by atoms with Crippen molar-refractivity contribution < 1.29 is 0 Å². The third-order valence-corrected chi connectivity index (χ3v) is 3.40. The van der Waals surface area contributed by atoms with E-state index in [-0.39, 0.29) is 12.1 Å². The van der Waals surface area contributed by atoms with E-state index in [1.165, 1.54) is 0 Å². The van der Waals surface area contributed by atoms with Gasteiger partial charge in [0.15, 0.2) is 0 Å². The molecule has 0 fully saturated rings. The highest BCUT2D eigenvalue weighted by Gasteiger charge is 2.11. The molecule has 0 bridgehead atoms. The van der Waals surface area contributed by atoms with Gasteiger partial charge in [0.05, 0.1) is 6.17 Å². The van der Waals surface area contributed by atoms with E-state index in [9.17, 15) is 0 Å². The Balaban J connectivity index is 1.83. The number of hydrogen-bond donors (Lipinski definition) is 3. The quantitative estimate of drug-likeness (QED) is 0.628. The van der Waals surface area contributed by atoms with Gasteiger partial charge in [-0.2, -0.15) is 4.98 Å². The molecule has 3 aromatic rings. The monoisotopic (exact) mass is 305 g/mol. The van der Waals surface area contributed by atoms with Gasteiger partial charge in [-0.25, -0.2) is 4.98 Å². The maximum atomic E-state index is 5.75. The van der Waals surface area contributed by atoms with Gasteiger partial charge in [0.25, 0.3) is 0 Å². The zero-order chi connectivity index (χ0) is 16.1. The smallest absolute Gasteiger partial charge is 0.221 e. The molecule has 1 aromatic heterocycles. The van der Waals surface area contributed by atoms with E-state index in [4.69, 9.17) is 5.73 Å². The molecule has 0 saturated heterocycles. The van der Waals surface area contributed by atoms with Gasteiger partial charge in [-0.15, -0.1) is 0 Å². The maximum Gasteiger partial charge on any atom is 0.221 e. The van der Waals surface area contributed by atoms with Crippen molar-refractivity contribution >= 4 is 17.5 Å². The molecule has 1 heterocycles. The normalized spacial score (nSPS) is 11.7. The van der Waals surface area contributed by atoms with Gasteiger partial charge in [0.1, 0.15) is 5.82 Å². The first kappa shape index (κ1) is 14.8. The molecule has 0 aliphatic carbocycles. The van der Waals surface area contributed by atoms with Gasteiger partial charge in [-0.1, -0.05) is 48.5 Å². The molecule has 0 aliphatic rings. The number of nitrogens with one attached hydrogen (secondary N) is 2. The van der Waals surface area contributed by atoms with Crippen LogP contribution in [0.5, 0.6) is 0 Å². The van der Waals surface area contributed by atoms with Crippen LogP contribution in [0.4, 0.5) is 17.5 Å². The second-order valence-corrected chi connectivity index (χ2v) is 5.23. The Morgan fingerprint density at radius 2 is 1.57 bits per heavy atom. The minimum absolute atomic E-state index is 0.0193. The fourth-order valence-electron chi connectivity index (χ4n) is 2.36. The molecule has 5 heteroatoms. The average Bonchev–Trinajstić information content (AvgIpc) is 2.56. The van der Waals surface area contributed by atoms with Crippen LogP contribution >= 0.6 is 0 Å². The molecule has 1 unspecified atom stereocenters. The Labute approximate surface area is 135 Å². The lowest BCUT2D eigenvalue weighted by Crippen LogP contribution is -2.26. The molecule has 0 radical (unpaired) electrons. The summed E-state index contributed by atoms with van der Waals surface area (Å²) in [5, 5.41) is 6.73. The number of rotatable bonds is 5. The van der Waals surface area contributed by atoms with Crippen molar-refractivity contribution in [1.82, 2.24) is 9.97 Å². The summed E-state index contributed by atoms with van der Waals surface area (Å²) in [5.41, 5.74) is 8.75. The van der Waals surface area contributed by atoms with E-state index in [0.717, 1.165) is 16.8 Å². The van der Waals surface area contributed by atoms with Crippen molar-refractivity contribution in [2.45, 2.75) is 13.1 Å². The van der Waals surface area contributed by atoms with Crippen LogP contribution in [0.25, 0.3) is 11.1 Å². The summed E-state index contributed by atoms with van der Waals surface area (Å²) >= 11 is 0. The highest BCUT2D eigenvalue weighted by Crippen LogP contribution is 2.26. The van der Waals surface area contributed by atoms with Gasteiger partial charge in [-0.05, 0) is 24.6 Å². The van der Waals surface area contributed by atoms with Crippen LogP contribution in [-0.2, 0) is 0 Å². The number of benzene rings is 2. The number of aromatic nitrogens is 2. The van der Waals surface area contributed by atoms with Crippen LogP contribution in [0.1, 0.15) is 6.92 Å². The fourth-order valence-corrected chi connectivity index (χ4v) is 2.36. The number of nitrogens with zero attached hydrogens (tertiary/aromatic N) is 2. The lowest BCUT2D eigenvalue weighted by Gasteiger charge is -2.19. The number of nitrogens with two attached hydrogens (primary N) is 1. The first-order valence-electron chi connectivity index (χ1n) is 7.48. The van der Waals surface area contributed by atoms with Crippen molar-refractivity contribution in [3.8, 4) is 11.1 Å². The summed E-state index contributed by atoms with van der Waals surface area (Å²) in [5.74, 6) is 0.957. The molecular formula is C18H19N5. The predicted molar refractivity (Wildman–Crippen MR) is 95.0 cm³/mol. The summed E-state index contributed by atoms with van der Waals surface area (Å²) in [7, 11) is 0. The first-order chi connectivity index (χ1) is 11.2.